The molecule has 1 aromatic carbocycles. The second-order valence-corrected chi connectivity index (χ2v) is 2.82. The van der Waals surface area contributed by atoms with Crippen molar-refractivity contribution in [1.29, 1.82) is 0 Å². The van der Waals surface area contributed by atoms with E-state index in [1.165, 1.54) is 5.56 Å². The molecule has 0 heterocycles. The molecule has 62 valence electrons. The van der Waals surface area contributed by atoms with Gasteiger partial charge in [0.05, 0.1) is 0 Å². The van der Waals surface area contributed by atoms with Crippen LogP contribution >= 0.6 is 0 Å². The van der Waals surface area contributed by atoms with Crippen molar-refractivity contribution in [2.24, 2.45) is 0 Å². The molecule has 1 nitrogen and oxygen atoms in total. The Balaban J connectivity index is 2.99. The van der Waals surface area contributed by atoms with E-state index in [1.807, 2.05) is 20.0 Å². The van der Waals surface area contributed by atoms with Crippen LogP contribution in [0.15, 0.2) is 18.2 Å². The second kappa shape index (κ2) is 3.94. The molecule has 0 spiro atoms. The van der Waals surface area contributed by atoms with Crippen LogP contribution in [-0.2, 0) is 6.54 Å². The predicted molar refractivity (Wildman–Crippen MR) is 51.9 cm³/mol. The Morgan fingerprint density at radius 3 is 2.83 bits per heavy atom. The molecule has 0 atom stereocenters. The first-order chi connectivity index (χ1) is 5.77. The van der Waals surface area contributed by atoms with E-state index in [1.54, 1.807) is 0 Å². The highest BCUT2D eigenvalue weighted by Gasteiger charge is 1.95. The summed E-state index contributed by atoms with van der Waals surface area (Å²) in [6.07, 6.45) is 5.35. The first-order valence-corrected chi connectivity index (χ1v) is 3.98. The average Bonchev–Trinajstić information content (AvgIpc) is 2.09. The van der Waals surface area contributed by atoms with Gasteiger partial charge in [0, 0.05) is 12.1 Å². The van der Waals surface area contributed by atoms with E-state index in [0.29, 0.717) is 0 Å². The third-order valence-corrected chi connectivity index (χ3v) is 1.84. The minimum atomic E-state index is 0.870. The number of hydrogen-bond acceptors (Lipinski definition) is 1. The highest BCUT2D eigenvalue weighted by Crippen LogP contribution is 2.09. The molecule has 0 unspecified atom stereocenters. The van der Waals surface area contributed by atoms with Gasteiger partial charge in [-0.25, -0.2) is 0 Å². The Labute approximate surface area is 73.8 Å². The Morgan fingerprint density at radius 2 is 2.25 bits per heavy atom. The molecular weight excluding hydrogens is 146 g/mol. The van der Waals surface area contributed by atoms with E-state index in [-0.39, 0.29) is 0 Å². The fraction of sp³-hybridized carbons (Fsp3) is 0.273. The number of aryl methyl sites for hydroxylation is 1. The predicted octanol–water partition coefficient (Wildman–Crippen LogP) is 1.70. The van der Waals surface area contributed by atoms with Crippen LogP contribution in [0.3, 0.4) is 0 Å². The van der Waals surface area contributed by atoms with Crippen molar-refractivity contribution in [3.8, 4) is 12.3 Å². The molecule has 0 aliphatic carbocycles. The maximum Gasteiger partial charge on any atom is 0.0275 e. The van der Waals surface area contributed by atoms with Gasteiger partial charge in [0.25, 0.3) is 0 Å². The first-order valence-electron chi connectivity index (χ1n) is 3.98. The molecule has 1 aromatic rings. The van der Waals surface area contributed by atoms with Gasteiger partial charge < -0.3 is 5.32 Å². The fourth-order valence-corrected chi connectivity index (χ4v) is 1.14. The maximum atomic E-state index is 5.35. The Bertz CT molecular complexity index is 307. The first kappa shape index (κ1) is 8.83. The summed E-state index contributed by atoms with van der Waals surface area (Å²) < 4.78 is 0. The van der Waals surface area contributed by atoms with Gasteiger partial charge in [-0.3, -0.25) is 0 Å². The van der Waals surface area contributed by atoms with Gasteiger partial charge in [-0.15, -0.1) is 6.42 Å². The van der Waals surface area contributed by atoms with E-state index in [4.69, 9.17) is 6.42 Å². The van der Waals surface area contributed by atoms with Crippen LogP contribution in [0.2, 0.25) is 0 Å². The molecule has 0 aliphatic heterocycles. The zero-order valence-electron chi connectivity index (χ0n) is 7.52. The topological polar surface area (TPSA) is 12.0 Å². The number of hydrogen-bond donors (Lipinski definition) is 1. The standard InChI is InChI=1S/C11H13N/c1-4-11-7-10(8-12-3)6-5-9(11)2/h1,5-7,12H,8H2,2-3H3. The summed E-state index contributed by atoms with van der Waals surface area (Å²) in [7, 11) is 1.93. The summed E-state index contributed by atoms with van der Waals surface area (Å²) in [6.45, 7) is 2.90. The monoisotopic (exact) mass is 159 g/mol. The Morgan fingerprint density at radius 1 is 1.50 bits per heavy atom. The minimum absolute atomic E-state index is 0.870. The quantitative estimate of drug-likeness (QED) is 0.647. The molecule has 0 bridgehead atoms. The van der Waals surface area contributed by atoms with Crippen LogP contribution in [0.5, 0.6) is 0 Å². The molecule has 1 rings (SSSR count). The normalized spacial score (nSPS) is 9.42. The van der Waals surface area contributed by atoms with Crippen LogP contribution in [0.1, 0.15) is 16.7 Å². The van der Waals surface area contributed by atoms with Crippen LogP contribution in [0.25, 0.3) is 0 Å². The number of terminal acetylenes is 1. The number of nitrogens with one attached hydrogen (secondary N) is 1. The van der Waals surface area contributed by atoms with Crippen molar-refractivity contribution in [3.63, 3.8) is 0 Å². The van der Waals surface area contributed by atoms with Crippen LogP contribution in [0.4, 0.5) is 0 Å². The molecular formula is C11H13N. The number of rotatable bonds is 2. The van der Waals surface area contributed by atoms with Crippen molar-refractivity contribution in [2.45, 2.75) is 13.5 Å². The molecule has 0 radical (unpaired) electrons. The summed E-state index contributed by atoms with van der Waals surface area (Å²) in [4.78, 5) is 0. The lowest BCUT2D eigenvalue weighted by Gasteiger charge is -2.02. The third-order valence-electron chi connectivity index (χ3n) is 1.84. The van der Waals surface area contributed by atoms with Crippen molar-refractivity contribution >= 4 is 0 Å². The fourth-order valence-electron chi connectivity index (χ4n) is 1.14. The summed E-state index contributed by atoms with van der Waals surface area (Å²) in [5.74, 6) is 2.67. The van der Waals surface area contributed by atoms with E-state index >= 15 is 0 Å². The lowest BCUT2D eigenvalue weighted by molar-refractivity contribution is 0.817. The maximum absolute atomic E-state index is 5.35. The zero-order chi connectivity index (χ0) is 8.97. The lowest BCUT2D eigenvalue weighted by Crippen LogP contribution is -2.05. The van der Waals surface area contributed by atoms with Gasteiger partial charge in [-0.05, 0) is 31.2 Å². The summed E-state index contributed by atoms with van der Waals surface area (Å²) in [6, 6.07) is 6.19. The van der Waals surface area contributed by atoms with Gasteiger partial charge in [0.2, 0.25) is 0 Å². The summed E-state index contributed by atoms with van der Waals surface area (Å²) in [5, 5.41) is 3.09. The van der Waals surface area contributed by atoms with Gasteiger partial charge in [-0.2, -0.15) is 0 Å². The molecule has 12 heavy (non-hydrogen) atoms. The van der Waals surface area contributed by atoms with E-state index in [2.05, 4.69) is 23.4 Å². The van der Waals surface area contributed by atoms with E-state index in [9.17, 15) is 0 Å². The molecule has 0 saturated heterocycles. The molecule has 0 aliphatic rings. The van der Waals surface area contributed by atoms with Crippen molar-refractivity contribution < 1.29 is 0 Å². The SMILES string of the molecule is C#Cc1cc(CNC)ccc1C. The average molecular weight is 159 g/mol. The van der Waals surface area contributed by atoms with Crippen molar-refractivity contribution in [1.82, 2.24) is 5.32 Å². The van der Waals surface area contributed by atoms with Crippen LogP contribution in [-0.4, -0.2) is 7.05 Å². The highest BCUT2D eigenvalue weighted by molar-refractivity contribution is 5.41. The van der Waals surface area contributed by atoms with Gasteiger partial charge in [0.1, 0.15) is 0 Å². The van der Waals surface area contributed by atoms with Crippen molar-refractivity contribution in [2.75, 3.05) is 7.05 Å². The van der Waals surface area contributed by atoms with E-state index in [0.717, 1.165) is 17.7 Å². The Kier molecular flexibility index (Phi) is 2.90. The van der Waals surface area contributed by atoms with Gasteiger partial charge in [-0.1, -0.05) is 18.1 Å². The molecule has 0 fully saturated rings. The summed E-state index contributed by atoms with van der Waals surface area (Å²) >= 11 is 0. The third kappa shape index (κ3) is 1.87. The zero-order valence-corrected chi connectivity index (χ0v) is 7.52. The van der Waals surface area contributed by atoms with E-state index < -0.39 is 0 Å². The smallest absolute Gasteiger partial charge is 0.0275 e. The molecule has 1 N–H and O–H groups in total. The molecule has 0 saturated carbocycles. The van der Waals surface area contributed by atoms with Gasteiger partial charge >= 0.3 is 0 Å². The molecule has 0 aromatic heterocycles. The molecule has 0 amide bonds. The minimum Gasteiger partial charge on any atom is -0.316 e. The van der Waals surface area contributed by atoms with Crippen LogP contribution in [0, 0.1) is 19.3 Å². The number of benzene rings is 1. The second-order valence-electron chi connectivity index (χ2n) is 2.82. The van der Waals surface area contributed by atoms with Crippen molar-refractivity contribution in [3.05, 3.63) is 34.9 Å². The highest BCUT2D eigenvalue weighted by atomic mass is 14.8. The lowest BCUT2D eigenvalue weighted by atomic mass is 10.1. The molecule has 1 heteroatoms. The largest absolute Gasteiger partial charge is 0.316 e. The van der Waals surface area contributed by atoms with Gasteiger partial charge in [0.15, 0.2) is 0 Å². The summed E-state index contributed by atoms with van der Waals surface area (Å²) in [5.41, 5.74) is 3.39. The van der Waals surface area contributed by atoms with Crippen LogP contribution < -0.4 is 5.32 Å². The Hall–Kier alpha value is -1.26.